The Kier molecular flexibility index (Phi) is 4.00. The lowest BCUT2D eigenvalue weighted by molar-refractivity contribution is 0.0191. The highest BCUT2D eigenvalue weighted by Gasteiger charge is 2.27. The molecule has 15 heavy (non-hydrogen) atoms. The Bertz CT molecular complexity index is 198. The van der Waals surface area contributed by atoms with E-state index in [0.29, 0.717) is 18.8 Å². The van der Waals surface area contributed by atoms with Gasteiger partial charge in [0, 0.05) is 19.6 Å². The van der Waals surface area contributed by atoms with Crippen LogP contribution in [0.5, 0.6) is 0 Å². The smallest absolute Gasteiger partial charge is 0.0707 e. The number of hydrogen-bond donors (Lipinski definition) is 1. The molecule has 2 aliphatic rings. The van der Waals surface area contributed by atoms with E-state index in [2.05, 4.69) is 11.8 Å². The van der Waals surface area contributed by atoms with Crippen LogP contribution in [0, 0.1) is 5.92 Å². The van der Waals surface area contributed by atoms with Crippen LogP contribution in [0.15, 0.2) is 0 Å². The van der Waals surface area contributed by atoms with Gasteiger partial charge in [-0.25, -0.2) is 0 Å². The van der Waals surface area contributed by atoms with Crippen LogP contribution in [0.25, 0.3) is 0 Å². The van der Waals surface area contributed by atoms with E-state index in [1.165, 1.54) is 32.4 Å². The molecule has 0 radical (unpaired) electrons. The van der Waals surface area contributed by atoms with Crippen molar-refractivity contribution in [3.05, 3.63) is 0 Å². The zero-order valence-electron chi connectivity index (χ0n) is 9.82. The first-order chi connectivity index (χ1) is 7.28. The monoisotopic (exact) mass is 212 g/mol. The zero-order chi connectivity index (χ0) is 10.7. The fourth-order valence-electron chi connectivity index (χ4n) is 2.83. The number of hydrogen-bond acceptors (Lipinski definition) is 3. The normalized spacial score (nSPS) is 38.4. The molecular weight excluding hydrogens is 188 g/mol. The Balaban J connectivity index is 1.72. The van der Waals surface area contributed by atoms with Gasteiger partial charge in [0.05, 0.1) is 12.2 Å². The SMILES string of the molecule is CC1CCCN(CC2CCC(CN)O2)C1. The molecule has 2 rings (SSSR count). The fourth-order valence-corrected chi connectivity index (χ4v) is 2.83. The van der Waals surface area contributed by atoms with E-state index in [1.807, 2.05) is 0 Å². The van der Waals surface area contributed by atoms with Crippen molar-refractivity contribution in [1.29, 1.82) is 0 Å². The maximum atomic E-state index is 5.88. The van der Waals surface area contributed by atoms with Crippen LogP contribution in [-0.4, -0.2) is 43.3 Å². The number of nitrogens with zero attached hydrogens (tertiary/aromatic N) is 1. The molecule has 3 atom stereocenters. The average molecular weight is 212 g/mol. The number of likely N-dealkylation sites (tertiary alicyclic amines) is 1. The van der Waals surface area contributed by atoms with E-state index in [1.54, 1.807) is 0 Å². The third kappa shape index (κ3) is 3.16. The predicted molar refractivity (Wildman–Crippen MR) is 61.8 cm³/mol. The maximum absolute atomic E-state index is 5.88. The van der Waals surface area contributed by atoms with E-state index in [-0.39, 0.29) is 0 Å². The van der Waals surface area contributed by atoms with E-state index >= 15 is 0 Å². The van der Waals surface area contributed by atoms with Crippen molar-refractivity contribution < 1.29 is 4.74 Å². The molecule has 3 unspecified atom stereocenters. The Morgan fingerprint density at radius 3 is 2.73 bits per heavy atom. The van der Waals surface area contributed by atoms with Crippen molar-refractivity contribution in [2.24, 2.45) is 11.7 Å². The largest absolute Gasteiger partial charge is 0.372 e. The van der Waals surface area contributed by atoms with Crippen LogP contribution in [0.4, 0.5) is 0 Å². The molecule has 2 aliphatic heterocycles. The summed E-state index contributed by atoms with van der Waals surface area (Å²) in [6.07, 6.45) is 5.89. The van der Waals surface area contributed by atoms with Gasteiger partial charge in [-0.1, -0.05) is 6.92 Å². The van der Waals surface area contributed by atoms with E-state index in [0.717, 1.165) is 18.9 Å². The topological polar surface area (TPSA) is 38.5 Å². The lowest BCUT2D eigenvalue weighted by Gasteiger charge is -2.32. The minimum absolute atomic E-state index is 0.331. The number of rotatable bonds is 3. The average Bonchev–Trinajstić information content (AvgIpc) is 2.65. The molecule has 2 fully saturated rings. The van der Waals surface area contributed by atoms with Gasteiger partial charge in [-0.05, 0) is 38.1 Å². The van der Waals surface area contributed by atoms with Crippen LogP contribution in [-0.2, 0) is 4.74 Å². The number of piperidine rings is 1. The van der Waals surface area contributed by atoms with Crippen molar-refractivity contribution in [2.75, 3.05) is 26.2 Å². The highest BCUT2D eigenvalue weighted by molar-refractivity contribution is 4.79. The maximum Gasteiger partial charge on any atom is 0.0707 e. The van der Waals surface area contributed by atoms with Gasteiger partial charge in [-0.2, -0.15) is 0 Å². The zero-order valence-corrected chi connectivity index (χ0v) is 9.82. The van der Waals surface area contributed by atoms with Gasteiger partial charge in [0.1, 0.15) is 0 Å². The molecule has 0 aromatic rings. The minimum atomic E-state index is 0.331. The predicted octanol–water partition coefficient (Wildman–Crippen LogP) is 1.22. The molecule has 3 heteroatoms. The molecule has 0 spiro atoms. The van der Waals surface area contributed by atoms with Gasteiger partial charge >= 0.3 is 0 Å². The van der Waals surface area contributed by atoms with Crippen LogP contribution in [0.3, 0.4) is 0 Å². The van der Waals surface area contributed by atoms with Crippen LogP contribution >= 0.6 is 0 Å². The lowest BCUT2D eigenvalue weighted by atomic mass is 10.00. The first kappa shape index (κ1) is 11.4. The molecule has 0 aliphatic carbocycles. The van der Waals surface area contributed by atoms with Crippen molar-refractivity contribution >= 4 is 0 Å². The van der Waals surface area contributed by atoms with Gasteiger partial charge in [0.15, 0.2) is 0 Å². The first-order valence-corrected chi connectivity index (χ1v) is 6.36. The van der Waals surface area contributed by atoms with Crippen molar-refractivity contribution in [3.63, 3.8) is 0 Å². The third-order valence-corrected chi connectivity index (χ3v) is 3.66. The quantitative estimate of drug-likeness (QED) is 0.764. The molecule has 0 aromatic heterocycles. The highest BCUT2D eigenvalue weighted by atomic mass is 16.5. The van der Waals surface area contributed by atoms with Gasteiger partial charge in [-0.15, -0.1) is 0 Å². The molecule has 88 valence electrons. The third-order valence-electron chi connectivity index (χ3n) is 3.66. The van der Waals surface area contributed by atoms with Gasteiger partial charge in [0.25, 0.3) is 0 Å². The second kappa shape index (κ2) is 5.28. The van der Waals surface area contributed by atoms with Crippen LogP contribution < -0.4 is 5.73 Å². The standard InChI is InChI=1S/C12H24N2O/c1-10-3-2-6-14(8-10)9-12-5-4-11(7-13)15-12/h10-12H,2-9,13H2,1H3. The highest BCUT2D eigenvalue weighted by Crippen LogP contribution is 2.22. The van der Waals surface area contributed by atoms with Crippen LogP contribution in [0.2, 0.25) is 0 Å². The molecule has 0 saturated carbocycles. The second-order valence-corrected chi connectivity index (χ2v) is 5.20. The Hall–Kier alpha value is -0.120. The first-order valence-electron chi connectivity index (χ1n) is 6.36. The van der Waals surface area contributed by atoms with Crippen molar-refractivity contribution in [3.8, 4) is 0 Å². The molecule has 2 heterocycles. The molecule has 3 nitrogen and oxygen atoms in total. The summed E-state index contributed by atoms with van der Waals surface area (Å²) >= 11 is 0. The molecule has 0 bridgehead atoms. The molecule has 0 aromatic carbocycles. The Morgan fingerprint density at radius 1 is 1.27 bits per heavy atom. The summed E-state index contributed by atoms with van der Waals surface area (Å²) in [4.78, 5) is 2.57. The Labute approximate surface area is 93.0 Å². The summed E-state index contributed by atoms with van der Waals surface area (Å²) in [5.41, 5.74) is 5.61. The molecule has 2 saturated heterocycles. The van der Waals surface area contributed by atoms with Crippen molar-refractivity contribution in [1.82, 2.24) is 4.90 Å². The summed E-state index contributed by atoms with van der Waals surface area (Å²) in [6, 6.07) is 0. The second-order valence-electron chi connectivity index (χ2n) is 5.20. The molecular formula is C12H24N2O. The van der Waals surface area contributed by atoms with Crippen molar-refractivity contribution in [2.45, 2.75) is 44.8 Å². The summed E-state index contributed by atoms with van der Waals surface area (Å²) < 4.78 is 5.88. The van der Waals surface area contributed by atoms with E-state index < -0.39 is 0 Å². The minimum Gasteiger partial charge on any atom is -0.372 e. The van der Waals surface area contributed by atoms with Gasteiger partial charge in [0.2, 0.25) is 0 Å². The van der Waals surface area contributed by atoms with E-state index in [9.17, 15) is 0 Å². The summed E-state index contributed by atoms with van der Waals surface area (Å²) in [7, 11) is 0. The molecule has 2 N–H and O–H groups in total. The van der Waals surface area contributed by atoms with E-state index in [4.69, 9.17) is 10.5 Å². The van der Waals surface area contributed by atoms with Gasteiger partial charge < -0.3 is 15.4 Å². The Morgan fingerprint density at radius 2 is 2.07 bits per heavy atom. The molecule has 0 amide bonds. The van der Waals surface area contributed by atoms with Gasteiger partial charge in [-0.3, -0.25) is 0 Å². The number of nitrogens with two attached hydrogens (primary N) is 1. The lowest BCUT2D eigenvalue weighted by Crippen LogP contribution is -2.39. The summed E-state index contributed by atoms with van der Waals surface area (Å²) in [5.74, 6) is 0.866. The summed E-state index contributed by atoms with van der Waals surface area (Å²) in [6.45, 7) is 6.68. The van der Waals surface area contributed by atoms with Crippen LogP contribution in [0.1, 0.15) is 32.6 Å². The summed E-state index contributed by atoms with van der Waals surface area (Å²) in [5, 5.41) is 0. The fraction of sp³-hybridized carbons (Fsp3) is 1.00. The number of ether oxygens (including phenoxy) is 1.